The lowest BCUT2D eigenvalue weighted by Gasteiger charge is -2.07. The first kappa shape index (κ1) is 13.2. The molecule has 20 heavy (non-hydrogen) atoms. The third-order valence-corrected chi connectivity index (χ3v) is 4.33. The number of methoxy groups -OCH3 is 1. The van der Waals surface area contributed by atoms with E-state index in [1.54, 1.807) is 29.5 Å². The predicted molar refractivity (Wildman–Crippen MR) is 83.3 cm³/mol. The van der Waals surface area contributed by atoms with Crippen molar-refractivity contribution >= 4 is 38.8 Å². The van der Waals surface area contributed by atoms with Crippen LogP contribution in [0.3, 0.4) is 0 Å². The normalized spacial score (nSPS) is 10.7. The Morgan fingerprint density at radius 2 is 1.95 bits per heavy atom. The van der Waals surface area contributed by atoms with Crippen molar-refractivity contribution in [2.45, 2.75) is 0 Å². The Balaban J connectivity index is 2.13. The number of carbonyl (C=O) groups is 1. The molecular formula is C16H11ClO2S. The van der Waals surface area contributed by atoms with E-state index in [2.05, 4.69) is 0 Å². The molecule has 0 radical (unpaired) electrons. The molecule has 3 aromatic rings. The summed E-state index contributed by atoms with van der Waals surface area (Å²) >= 11 is 7.50. The van der Waals surface area contributed by atoms with Crippen LogP contribution < -0.4 is 4.74 Å². The number of fused-ring (bicyclic) bond motifs is 1. The molecule has 0 N–H and O–H groups in total. The van der Waals surface area contributed by atoms with E-state index in [0.29, 0.717) is 21.9 Å². The van der Waals surface area contributed by atoms with Gasteiger partial charge in [0.05, 0.1) is 12.7 Å². The SMILES string of the molecule is COc1cc(Cl)ccc1C(=O)c1csc2ccccc12. The minimum Gasteiger partial charge on any atom is -0.496 e. The van der Waals surface area contributed by atoms with Crippen LogP contribution in [0, 0.1) is 0 Å². The minimum atomic E-state index is -0.0454. The van der Waals surface area contributed by atoms with E-state index in [4.69, 9.17) is 16.3 Å². The Hall–Kier alpha value is -1.84. The first-order valence-electron chi connectivity index (χ1n) is 6.05. The van der Waals surface area contributed by atoms with Crippen LogP contribution in [0.4, 0.5) is 0 Å². The zero-order chi connectivity index (χ0) is 14.1. The van der Waals surface area contributed by atoms with Gasteiger partial charge in [-0.15, -0.1) is 11.3 Å². The summed E-state index contributed by atoms with van der Waals surface area (Å²) in [4.78, 5) is 12.7. The molecule has 2 nitrogen and oxygen atoms in total. The fourth-order valence-electron chi connectivity index (χ4n) is 2.15. The molecule has 0 fully saturated rings. The molecule has 2 aromatic carbocycles. The number of hydrogen-bond donors (Lipinski definition) is 0. The summed E-state index contributed by atoms with van der Waals surface area (Å²) in [6.45, 7) is 0. The topological polar surface area (TPSA) is 26.3 Å². The summed E-state index contributed by atoms with van der Waals surface area (Å²) in [5.74, 6) is 0.453. The van der Waals surface area contributed by atoms with Crippen LogP contribution in [0.25, 0.3) is 10.1 Å². The van der Waals surface area contributed by atoms with Gasteiger partial charge in [-0.1, -0.05) is 29.8 Å². The van der Waals surface area contributed by atoms with E-state index in [0.717, 1.165) is 10.1 Å². The highest BCUT2D eigenvalue weighted by atomic mass is 35.5. The van der Waals surface area contributed by atoms with Crippen LogP contribution in [0.2, 0.25) is 5.02 Å². The van der Waals surface area contributed by atoms with Crippen molar-refractivity contribution in [2.75, 3.05) is 7.11 Å². The quantitative estimate of drug-likeness (QED) is 0.650. The van der Waals surface area contributed by atoms with Gasteiger partial charge in [0.25, 0.3) is 0 Å². The number of ether oxygens (including phenoxy) is 1. The van der Waals surface area contributed by atoms with Gasteiger partial charge in [0, 0.05) is 26.1 Å². The molecule has 100 valence electrons. The van der Waals surface area contributed by atoms with Crippen molar-refractivity contribution in [3.8, 4) is 5.75 Å². The monoisotopic (exact) mass is 302 g/mol. The molecule has 0 aliphatic rings. The number of ketones is 1. The van der Waals surface area contributed by atoms with E-state index in [9.17, 15) is 4.79 Å². The number of benzene rings is 2. The average molecular weight is 303 g/mol. The van der Waals surface area contributed by atoms with Crippen molar-refractivity contribution in [1.82, 2.24) is 0 Å². The zero-order valence-electron chi connectivity index (χ0n) is 10.7. The molecule has 0 unspecified atom stereocenters. The summed E-state index contributed by atoms with van der Waals surface area (Å²) in [6.07, 6.45) is 0. The smallest absolute Gasteiger partial charge is 0.198 e. The Labute approximate surface area is 125 Å². The summed E-state index contributed by atoms with van der Waals surface area (Å²) in [5, 5.41) is 3.41. The van der Waals surface area contributed by atoms with E-state index in [1.807, 2.05) is 29.6 Å². The van der Waals surface area contributed by atoms with Crippen LogP contribution in [-0.2, 0) is 0 Å². The molecule has 0 saturated heterocycles. The lowest BCUT2D eigenvalue weighted by Crippen LogP contribution is -2.03. The van der Waals surface area contributed by atoms with Gasteiger partial charge < -0.3 is 4.74 Å². The highest BCUT2D eigenvalue weighted by molar-refractivity contribution is 7.17. The van der Waals surface area contributed by atoms with Gasteiger partial charge in [-0.3, -0.25) is 4.79 Å². The lowest BCUT2D eigenvalue weighted by atomic mass is 10.0. The molecule has 0 spiro atoms. The van der Waals surface area contributed by atoms with Gasteiger partial charge in [-0.25, -0.2) is 0 Å². The molecular weight excluding hydrogens is 292 g/mol. The average Bonchev–Trinajstić information content (AvgIpc) is 2.90. The standard InChI is InChI=1S/C16H11ClO2S/c1-19-14-8-10(17)6-7-12(14)16(18)13-9-20-15-5-3-2-4-11(13)15/h2-9H,1H3. The maximum absolute atomic E-state index is 12.7. The summed E-state index contributed by atoms with van der Waals surface area (Å²) in [7, 11) is 1.54. The number of hydrogen-bond acceptors (Lipinski definition) is 3. The molecule has 0 amide bonds. The van der Waals surface area contributed by atoms with Crippen LogP contribution >= 0.6 is 22.9 Å². The maximum atomic E-state index is 12.7. The second kappa shape index (κ2) is 5.27. The van der Waals surface area contributed by atoms with Crippen LogP contribution in [0.15, 0.2) is 47.8 Å². The fraction of sp³-hybridized carbons (Fsp3) is 0.0625. The van der Waals surface area contributed by atoms with Gasteiger partial charge in [0.15, 0.2) is 5.78 Å². The van der Waals surface area contributed by atoms with Gasteiger partial charge in [0.1, 0.15) is 5.75 Å². The van der Waals surface area contributed by atoms with Gasteiger partial charge >= 0.3 is 0 Å². The van der Waals surface area contributed by atoms with Gasteiger partial charge in [-0.05, 0) is 24.3 Å². The number of carbonyl (C=O) groups excluding carboxylic acids is 1. The zero-order valence-corrected chi connectivity index (χ0v) is 12.3. The Morgan fingerprint density at radius 1 is 1.15 bits per heavy atom. The predicted octanol–water partition coefficient (Wildman–Crippen LogP) is 4.79. The van der Waals surface area contributed by atoms with E-state index in [1.165, 1.54) is 7.11 Å². The van der Waals surface area contributed by atoms with Gasteiger partial charge in [-0.2, -0.15) is 0 Å². The molecule has 4 heteroatoms. The largest absolute Gasteiger partial charge is 0.496 e. The molecule has 0 bridgehead atoms. The summed E-state index contributed by atoms with van der Waals surface area (Å²) in [5.41, 5.74) is 1.23. The molecule has 0 aliphatic carbocycles. The van der Waals surface area contributed by atoms with Crippen molar-refractivity contribution in [1.29, 1.82) is 0 Å². The Kier molecular flexibility index (Phi) is 3.47. The number of thiophene rings is 1. The second-order valence-electron chi connectivity index (χ2n) is 4.32. The number of halogens is 1. The first-order valence-corrected chi connectivity index (χ1v) is 7.31. The lowest BCUT2D eigenvalue weighted by molar-refractivity contribution is 0.103. The van der Waals surface area contributed by atoms with E-state index < -0.39 is 0 Å². The van der Waals surface area contributed by atoms with Crippen molar-refractivity contribution in [3.63, 3.8) is 0 Å². The number of rotatable bonds is 3. The molecule has 3 rings (SSSR count). The molecule has 0 aliphatic heterocycles. The Morgan fingerprint density at radius 3 is 2.75 bits per heavy atom. The highest BCUT2D eigenvalue weighted by Crippen LogP contribution is 2.31. The summed E-state index contributed by atoms with van der Waals surface area (Å²) in [6, 6.07) is 12.9. The highest BCUT2D eigenvalue weighted by Gasteiger charge is 2.18. The molecule has 0 atom stereocenters. The van der Waals surface area contributed by atoms with Crippen molar-refractivity contribution in [2.24, 2.45) is 0 Å². The Bertz CT molecular complexity index is 792. The fourth-order valence-corrected chi connectivity index (χ4v) is 3.25. The summed E-state index contributed by atoms with van der Waals surface area (Å²) < 4.78 is 6.36. The molecule has 1 aromatic heterocycles. The molecule has 0 saturated carbocycles. The third kappa shape index (κ3) is 2.19. The molecule has 1 heterocycles. The van der Waals surface area contributed by atoms with Crippen molar-refractivity contribution in [3.05, 3.63) is 64.0 Å². The first-order chi connectivity index (χ1) is 9.70. The van der Waals surface area contributed by atoms with E-state index >= 15 is 0 Å². The third-order valence-electron chi connectivity index (χ3n) is 3.13. The van der Waals surface area contributed by atoms with Crippen LogP contribution in [0.1, 0.15) is 15.9 Å². The van der Waals surface area contributed by atoms with Crippen LogP contribution in [-0.4, -0.2) is 12.9 Å². The van der Waals surface area contributed by atoms with E-state index in [-0.39, 0.29) is 5.78 Å². The minimum absolute atomic E-state index is 0.0454. The second-order valence-corrected chi connectivity index (χ2v) is 5.67. The maximum Gasteiger partial charge on any atom is 0.198 e. The van der Waals surface area contributed by atoms with Crippen molar-refractivity contribution < 1.29 is 9.53 Å². The van der Waals surface area contributed by atoms with Crippen LogP contribution in [0.5, 0.6) is 5.75 Å². The van der Waals surface area contributed by atoms with Gasteiger partial charge in [0.2, 0.25) is 0 Å².